The van der Waals surface area contributed by atoms with E-state index in [4.69, 9.17) is 0 Å². The number of carbonyl (C=O) groups is 1. The van der Waals surface area contributed by atoms with Gasteiger partial charge in [0, 0.05) is 5.69 Å². The summed E-state index contributed by atoms with van der Waals surface area (Å²) in [6.07, 6.45) is 0. The summed E-state index contributed by atoms with van der Waals surface area (Å²) in [5.74, 6) is -0.283. The third-order valence-electron chi connectivity index (χ3n) is 1.32. The Bertz CT molecular complexity index is 333. The van der Waals surface area contributed by atoms with Crippen molar-refractivity contribution in [2.45, 2.75) is 0 Å². The summed E-state index contributed by atoms with van der Waals surface area (Å²) in [6.45, 7) is -0.108. The smallest absolute Gasteiger partial charge is 0.247 e. The van der Waals surface area contributed by atoms with Gasteiger partial charge >= 0.3 is 0 Å². The van der Waals surface area contributed by atoms with Crippen LogP contribution in [-0.4, -0.2) is 16.7 Å². The van der Waals surface area contributed by atoms with Crippen molar-refractivity contribution in [1.82, 2.24) is 0 Å². The summed E-state index contributed by atoms with van der Waals surface area (Å²) in [7, 11) is 0. The molecule has 0 spiro atoms. The van der Waals surface area contributed by atoms with E-state index in [9.17, 15) is 9.00 Å². The molecular formula is C8H8N2O2S. The number of amides is 1. The summed E-state index contributed by atoms with van der Waals surface area (Å²) in [4.78, 5) is 11.0. The van der Waals surface area contributed by atoms with E-state index in [0.29, 0.717) is 5.69 Å². The highest BCUT2D eigenvalue weighted by molar-refractivity contribution is 7.54. The maximum Gasteiger partial charge on any atom is 0.247 e. The quantitative estimate of drug-likeness (QED) is 0.784. The molecule has 1 N–H and O–H groups in total. The Morgan fingerprint density at radius 3 is 2.69 bits per heavy atom. The molecule has 0 atom stereocenters. The molecule has 0 aliphatic heterocycles. The van der Waals surface area contributed by atoms with Gasteiger partial charge in [-0.15, -0.1) is 0 Å². The van der Waals surface area contributed by atoms with E-state index < -0.39 is 0 Å². The Morgan fingerprint density at radius 1 is 1.38 bits per heavy atom. The number of carbonyl (C=O) groups excluding carboxylic acids is 1. The SMILES string of the molecule is O=S=NCC(=O)Nc1ccccc1. The molecule has 0 heterocycles. The topological polar surface area (TPSA) is 58.5 Å². The van der Waals surface area contributed by atoms with Crippen LogP contribution < -0.4 is 5.32 Å². The molecular weight excluding hydrogens is 188 g/mol. The van der Waals surface area contributed by atoms with Crippen LogP contribution in [-0.2, 0) is 16.3 Å². The number of nitrogens with zero attached hydrogens (tertiary/aromatic N) is 1. The molecule has 0 saturated carbocycles. The first-order valence-corrected chi connectivity index (χ1v) is 4.33. The van der Waals surface area contributed by atoms with Gasteiger partial charge in [0.15, 0.2) is 11.5 Å². The first kappa shape index (κ1) is 9.60. The van der Waals surface area contributed by atoms with Crippen LogP contribution in [0.1, 0.15) is 0 Å². The second-order valence-electron chi connectivity index (χ2n) is 2.28. The van der Waals surface area contributed by atoms with Crippen molar-refractivity contribution in [1.29, 1.82) is 0 Å². The highest BCUT2D eigenvalue weighted by Gasteiger charge is 1.98. The van der Waals surface area contributed by atoms with Crippen molar-refractivity contribution >= 4 is 23.1 Å². The Hall–Kier alpha value is -1.49. The van der Waals surface area contributed by atoms with Crippen LogP contribution in [0.3, 0.4) is 0 Å². The predicted octanol–water partition coefficient (Wildman–Crippen LogP) is 1.02. The number of hydrogen-bond acceptors (Lipinski definition) is 3. The van der Waals surface area contributed by atoms with Gasteiger partial charge in [-0.1, -0.05) is 18.2 Å². The lowest BCUT2D eigenvalue weighted by Crippen LogP contribution is -2.14. The zero-order valence-corrected chi connectivity index (χ0v) is 7.58. The summed E-state index contributed by atoms with van der Waals surface area (Å²) >= 11 is 0.0547. The average Bonchev–Trinajstić information content (AvgIpc) is 2.16. The fourth-order valence-corrected chi connectivity index (χ4v) is 0.977. The number of hydrogen-bond donors (Lipinski definition) is 1. The first-order valence-electron chi connectivity index (χ1n) is 3.63. The minimum atomic E-state index is -0.283. The maximum atomic E-state index is 11.0. The number of nitrogens with one attached hydrogen (secondary N) is 1. The largest absolute Gasteiger partial charge is 0.324 e. The highest BCUT2D eigenvalue weighted by atomic mass is 32.1. The van der Waals surface area contributed by atoms with E-state index in [1.165, 1.54) is 0 Å². The second-order valence-corrected chi connectivity index (χ2v) is 2.68. The van der Waals surface area contributed by atoms with Crippen molar-refractivity contribution in [3.8, 4) is 0 Å². The Morgan fingerprint density at radius 2 is 2.08 bits per heavy atom. The van der Waals surface area contributed by atoms with E-state index in [1.807, 2.05) is 18.2 Å². The van der Waals surface area contributed by atoms with Crippen LogP contribution in [0.4, 0.5) is 5.69 Å². The fourth-order valence-electron chi connectivity index (χ4n) is 0.807. The first-order chi connectivity index (χ1) is 6.33. The lowest BCUT2D eigenvalue weighted by Gasteiger charge is -2.00. The summed E-state index contributed by atoms with van der Waals surface area (Å²) in [5.41, 5.74) is 0.707. The molecule has 1 aromatic rings. The zero-order chi connectivity index (χ0) is 9.52. The van der Waals surface area contributed by atoms with Crippen LogP contribution in [0.25, 0.3) is 0 Å². The van der Waals surface area contributed by atoms with Gasteiger partial charge in [0.05, 0.1) is 0 Å². The molecule has 0 radical (unpaired) electrons. The minimum absolute atomic E-state index is 0.0547. The van der Waals surface area contributed by atoms with Crippen molar-refractivity contribution < 1.29 is 9.00 Å². The van der Waals surface area contributed by atoms with Gasteiger partial charge < -0.3 is 5.32 Å². The molecule has 5 heteroatoms. The van der Waals surface area contributed by atoms with E-state index in [2.05, 4.69) is 9.68 Å². The highest BCUT2D eigenvalue weighted by Crippen LogP contribution is 2.03. The van der Waals surface area contributed by atoms with Gasteiger partial charge in [-0.2, -0.15) is 8.57 Å². The van der Waals surface area contributed by atoms with Crippen molar-refractivity contribution in [2.24, 2.45) is 4.36 Å². The van der Waals surface area contributed by atoms with Gasteiger partial charge in [-0.05, 0) is 12.1 Å². The molecule has 0 aliphatic rings. The monoisotopic (exact) mass is 196 g/mol. The second kappa shape index (κ2) is 5.21. The molecule has 4 nitrogen and oxygen atoms in total. The predicted molar refractivity (Wildman–Crippen MR) is 50.5 cm³/mol. The molecule has 0 bridgehead atoms. The lowest BCUT2D eigenvalue weighted by atomic mass is 10.3. The van der Waals surface area contributed by atoms with E-state index >= 15 is 0 Å². The van der Waals surface area contributed by atoms with Gasteiger partial charge in [0.1, 0.15) is 6.54 Å². The molecule has 68 valence electrons. The van der Waals surface area contributed by atoms with Crippen LogP contribution in [0.15, 0.2) is 34.7 Å². The molecule has 0 unspecified atom stereocenters. The molecule has 0 fully saturated rings. The van der Waals surface area contributed by atoms with Gasteiger partial charge in [0.25, 0.3) is 0 Å². The fraction of sp³-hybridized carbons (Fsp3) is 0.125. The van der Waals surface area contributed by atoms with Crippen molar-refractivity contribution in [3.63, 3.8) is 0 Å². The van der Waals surface area contributed by atoms with Gasteiger partial charge in [-0.25, -0.2) is 0 Å². The summed E-state index contributed by atoms with van der Waals surface area (Å²) < 4.78 is 13.2. The Labute approximate surface area is 79.2 Å². The van der Waals surface area contributed by atoms with Gasteiger partial charge in [-0.3, -0.25) is 4.79 Å². The van der Waals surface area contributed by atoms with Crippen LogP contribution in [0.2, 0.25) is 0 Å². The van der Waals surface area contributed by atoms with E-state index in [1.54, 1.807) is 12.1 Å². The standard InChI is InChI=1S/C8H8N2O2S/c11-8(6-9-13-12)10-7-4-2-1-3-5-7/h1-5H,6H2,(H,10,11). The third kappa shape index (κ3) is 3.62. The minimum Gasteiger partial charge on any atom is -0.324 e. The maximum absolute atomic E-state index is 11.0. The summed E-state index contributed by atoms with van der Waals surface area (Å²) in [5, 5.41) is 2.59. The summed E-state index contributed by atoms with van der Waals surface area (Å²) in [6, 6.07) is 9.02. The van der Waals surface area contributed by atoms with Crippen LogP contribution in [0.5, 0.6) is 0 Å². The Kier molecular flexibility index (Phi) is 3.84. The molecule has 0 aliphatic carbocycles. The third-order valence-corrected chi connectivity index (χ3v) is 1.55. The van der Waals surface area contributed by atoms with Crippen molar-refractivity contribution in [3.05, 3.63) is 30.3 Å². The lowest BCUT2D eigenvalue weighted by molar-refractivity contribution is -0.114. The normalized spacial score (nSPS) is 8.92. The van der Waals surface area contributed by atoms with Crippen LogP contribution in [0, 0.1) is 0 Å². The number of anilines is 1. The number of para-hydroxylation sites is 1. The van der Waals surface area contributed by atoms with Crippen molar-refractivity contribution in [2.75, 3.05) is 11.9 Å². The van der Waals surface area contributed by atoms with E-state index in [0.717, 1.165) is 0 Å². The zero-order valence-electron chi connectivity index (χ0n) is 6.77. The molecule has 1 rings (SSSR count). The number of benzene rings is 1. The average molecular weight is 196 g/mol. The Balaban J connectivity index is 2.50. The molecule has 0 aromatic heterocycles. The van der Waals surface area contributed by atoms with Gasteiger partial charge in [0.2, 0.25) is 5.91 Å². The number of rotatable bonds is 3. The van der Waals surface area contributed by atoms with Crippen LogP contribution >= 0.6 is 0 Å². The molecule has 1 aromatic carbocycles. The molecule has 13 heavy (non-hydrogen) atoms. The molecule has 0 saturated heterocycles. The van der Waals surface area contributed by atoms with E-state index in [-0.39, 0.29) is 23.9 Å². The molecule has 1 amide bonds.